The summed E-state index contributed by atoms with van der Waals surface area (Å²) < 4.78 is 6.84. The minimum atomic E-state index is -0.496. The quantitative estimate of drug-likeness (QED) is 0.332. The van der Waals surface area contributed by atoms with Crippen LogP contribution in [0.4, 0.5) is 11.5 Å². The van der Waals surface area contributed by atoms with E-state index in [1.54, 1.807) is 7.05 Å². The van der Waals surface area contributed by atoms with Gasteiger partial charge in [0.2, 0.25) is 0 Å². The van der Waals surface area contributed by atoms with Gasteiger partial charge in [-0.1, -0.05) is 11.8 Å². The molecule has 0 aliphatic rings. The third-order valence-electron chi connectivity index (χ3n) is 2.74. The lowest BCUT2D eigenvalue weighted by Crippen LogP contribution is -2.02. The second-order valence-corrected chi connectivity index (χ2v) is 5.23. The molecule has 0 N–H and O–H groups in total. The van der Waals surface area contributed by atoms with E-state index in [9.17, 15) is 20.2 Å². The molecule has 0 aliphatic heterocycles. The number of aromatic nitrogens is 2. The molecule has 0 fully saturated rings. The zero-order valence-electron chi connectivity index (χ0n) is 11.5. The highest BCUT2D eigenvalue weighted by molar-refractivity contribution is 7.99. The van der Waals surface area contributed by atoms with Crippen molar-refractivity contribution in [1.29, 1.82) is 0 Å². The van der Waals surface area contributed by atoms with Crippen LogP contribution in [0.1, 0.15) is 0 Å². The Labute approximate surface area is 129 Å². The number of rotatable bonds is 7. The predicted octanol–water partition coefficient (Wildman–Crippen LogP) is 2.41. The Morgan fingerprint density at radius 2 is 1.91 bits per heavy atom. The van der Waals surface area contributed by atoms with Gasteiger partial charge in [-0.2, -0.15) is 0 Å². The van der Waals surface area contributed by atoms with E-state index in [-0.39, 0.29) is 11.5 Å². The molecular weight excluding hydrogens is 312 g/mol. The van der Waals surface area contributed by atoms with Gasteiger partial charge in [0, 0.05) is 17.9 Å². The molecule has 1 aromatic heterocycles. The first-order chi connectivity index (χ1) is 10.5. The number of hydrogen-bond acceptors (Lipinski definition) is 7. The van der Waals surface area contributed by atoms with Gasteiger partial charge in [0.15, 0.2) is 0 Å². The standard InChI is InChI=1S/C12H12N4O5S/c1-14-11(16(19)20)8-13-12(14)22-7-6-21-10-4-2-9(3-5-10)15(17)18/h2-5,8H,6-7H2,1H3. The fourth-order valence-corrected chi connectivity index (χ4v) is 2.41. The molecule has 0 saturated carbocycles. The van der Waals surface area contributed by atoms with E-state index in [4.69, 9.17) is 4.74 Å². The lowest BCUT2D eigenvalue weighted by Gasteiger charge is -2.04. The maximum atomic E-state index is 10.7. The van der Waals surface area contributed by atoms with Gasteiger partial charge >= 0.3 is 5.82 Å². The Kier molecular flexibility index (Phi) is 4.94. The lowest BCUT2D eigenvalue weighted by molar-refractivity contribution is -0.392. The maximum Gasteiger partial charge on any atom is 0.343 e. The molecule has 9 nitrogen and oxygen atoms in total. The summed E-state index contributed by atoms with van der Waals surface area (Å²) in [6.45, 7) is 0.350. The van der Waals surface area contributed by atoms with E-state index < -0.39 is 9.85 Å². The van der Waals surface area contributed by atoms with Gasteiger partial charge in [0.25, 0.3) is 10.8 Å². The molecule has 1 heterocycles. The fraction of sp³-hybridized carbons (Fsp3) is 0.250. The number of nitrogens with zero attached hydrogens (tertiary/aromatic N) is 4. The smallest absolute Gasteiger partial charge is 0.343 e. The topological polar surface area (TPSA) is 113 Å². The summed E-state index contributed by atoms with van der Waals surface area (Å²) in [7, 11) is 1.57. The second-order valence-electron chi connectivity index (χ2n) is 4.16. The SMILES string of the molecule is Cn1c([N+](=O)[O-])cnc1SCCOc1ccc([N+](=O)[O-])cc1. The molecule has 0 bridgehead atoms. The van der Waals surface area contributed by atoms with Crippen molar-refractivity contribution in [2.24, 2.45) is 7.05 Å². The largest absolute Gasteiger partial charge is 0.493 e. The minimum absolute atomic E-state index is 0.00189. The minimum Gasteiger partial charge on any atom is -0.493 e. The molecular formula is C12H12N4O5S. The molecule has 0 amide bonds. The maximum absolute atomic E-state index is 10.7. The normalized spacial score (nSPS) is 10.4. The highest BCUT2D eigenvalue weighted by Gasteiger charge is 2.16. The van der Waals surface area contributed by atoms with Crippen LogP contribution < -0.4 is 4.74 Å². The highest BCUT2D eigenvalue weighted by Crippen LogP contribution is 2.22. The Hall–Kier alpha value is -2.62. The molecule has 0 saturated heterocycles. The average Bonchev–Trinajstić information content (AvgIpc) is 2.85. The lowest BCUT2D eigenvalue weighted by atomic mass is 10.3. The van der Waals surface area contributed by atoms with Crippen LogP contribution in [0, 0.1) is 20.2 Å². The van der Waals surface area contributed by atoms with Gasteiger partial charge in [0.1, 0.15) is 11.9 Å². The number of ether oxygens (including phenoxy) is 1. The summed E-state index contributed by atoms with van der Waals surface area (Å²) in [4.78, 5) is 24.2. The van der Waals surface area contributed by atoms with Crippen molar-refractivity contribution in [2.75, 3.05) is 12.4 Å². The number of thioether (sulfide) groups is 1. The van der Waals surface area contributed by atoms with Gasteiger partial charge in [-0.25, -0.2) is 9.55 Å². The monoisotopic (exact) mass is 324 g/mol. The first kappa shape index (κ1) is 15.8. The number of non-ortho nitro benzene ring substituents is 1. The zero-order chi connectivity index (χ0) is 16.1. The van der Waals surface area contributed by atoms with Gasteiger partial charge in [0.05, 0.1) is 18.6 Å². The van der Waals surface area contributed by atoms with E-state index in [0.717, 1.165) is 0 Å². The third kappa shape index (κ3) is 3.73. The van der Waals surface area contributed by atoms with E-state index in [1.807, 2.05) is 0 Å². The van der Waals surface area contributed by atoms with Crippen molar-refractivity contribution in [3.63, 3.8) is 0 Å². The van der Waals surface area contributed by atoms with Gasteiger partial charge in [-0.05, 0) is 17.1 Å². The molecule has 0 aliphatic carbocycles. The molecule has 116 valence electrons. The van der Waals surface area contributed by atoms with E-state index in [1.165, 1.54) is 46.8 Å². The van der Waals surface area contributed by atoms with Crippen molar-refractivity contribution in [1.82, 2.24) is 9.55 Å². The first-order valence-corrected chi connectivity index (χ1v) is 7.13. The molecule has 10 heteroatoms. The van der Waals surface area contributed by atoms with Crippen molar-refractivity contribution in [3.8, 4) is 5.75 Å². The van der Waals surface area contributed by atoms with Crippen LogP contribution in [0.5, 0.6) is 5.75 Å². The molecule has 1 aromatic carbocycles. The Morgan fingerprint density at radius 1 is 1.23 bits per heavy atom. The van der Waals surface area contributed by atoms with Crippen molar-refractivity contribution >= 4 is 23.3 Å². The van der Waals surface area contributed by atoms with Gasteiger partial charge < -0.3 is 14.9 Å². The molecule has 22 heavy (non-hydrogen) atoms. The molecule has 0 spiro atoms. The summed E-state index contributed by atoms with van der Waals surface area (Å²) in [5.74, 6) is 0.995. The Morgan fingerprint density at radius 3 is 2.45 bits per heavy atom. The number of nitro groups is 2. The average molecular weight is 324 g/mol. The molecule has 2 rings (SSSR count). The molecule has 0 atom stereocenters. The molecule has 2 aromatic rings. The number of nitro benzene ring substituents is 1. The Bertz CT molecular complexity index is 685. The predicted molar refractivity (Wildman–Crippen MR) is 79.2 cm³/mol. The first-order valence-electron chi connectivity index (χ1n) is 6.15. The molecule has 0 unspecified atom stereocenters. The zero-order valence-corrected chi connectivity index (χ0v) is 12.4. The number of imidazole rings is 1. The summed E-state index contributed by atoms with van der Waals surface area (Å²) in [6.07, 6.45) is 1.21. The van der Waals surface area contributed by atoms with Crippen molar-refractivity contribution in [2.45, 2.75) is 5.16 Å². The van der Waals surface area contributed by atoms with Gasteiger partial charge in [-0.3, -0.25) is 10.1 Å². The van der Waals surface area contributed by atoms with Crippen molar-refractivity contribution < 1.29 is 14.6 Å². The van der Waals surface area contributed by atoms with Crippen LogP contribution in [-0.2, 0) is 7.05 Å². The van der Waals surface area contributed by atoms with Crippen LogP contribution in [0.15, 0.2) is 35.6 Å². The van der Waals surface area contributed by atoms with Crippen LogP contribution >= 0.6 is 11.8 Å². The van der Waals surface area contributed by atoms with E-state index >= 15 is 0 Å². The van der Waals surface area contributed by atoms with Crippen LogP contribution in [0.2, 0.25) is 0 Å². The van der Waals surface area contributed by atoms with Crippen LogP contribution in [0.25, 0.3) is 0 Å². The summed E-state index contributed by atoms with van der Waals surface area (Å²) >= 11 is 1.33. The third-order valence-corrected chi connectivity index (χ3v) is 3.75. The highest BCUT2D eigenvalue weighted by atomic mass is 32.2. The fourth-order valence-electron chi connectivity index (χ4n) is 1.64. The number of benzene rings is 1. The van der Waals surface area contributed by atoms with Gasteiger partial charge in [-0.15, -0.1) is 0 Å². The summed E-state index contributed by atoms with van der Waals surface area (Å²) in [6, 6.07) is 5.78. The number of hydrogen-bond donors (Lipinski definition) is 0. The summed E-state index contributed by atoms with van der Waals surface area (Å²) in [5.41, 5.74) is 0.00189. The second kappa shape index (κ2) is 6.89. The Balaban J connectivity index is 1.82. The molecule has 0 radical (unpaired) electrons. The van der Waals surface area contributed by atoms with E-state index in [0.29, 0.717) is 23.3 Å². The summed E-state index contributed by atoms with van der Waals surface area (Å²) in [5, 5.41) is 21.7. The van der Waals surface area contributed by atoms with Crippen LogP contribution in [0.3, 0.4) is 0 Å². The van der Waals surface area contributed by atoms with E-state index in [2.05, 4.69) is 4.98 Å². The van der Waals surface area contributed by atoms with Crippen molar-refractivity contribution in [3.05, 3.63) is 50.7 Å². The van der Waals surface area contributed by atoms with Crippen LogP contribution in [-0.4, -0.2) is 31.8 Å².